The molecule has 2 fully saturated rings. The second kappa shape index (κ2) is 6.49. The van der Waals surface area contributed by atoms with Gasteiger partial charge >= 0.3 is 0 Å². The third-order valence-corrected chi connectivity index (χ3v) is 6.53. The van der Waals surface area contributed by atoms with Crippen LogP contribution in [0.5, 0.6) is 0 Å². The van der Waals surface area contributed by atoms with Crippen molar-refractivity contribution in [3.8, 4) is 6.07 Å². The van der Waals surface area contributed by atoms with Gasteiger partial charge in [0.15, 0.2) is 0 Å². The Kier molecular flexibility index (Phi) is 4.26. The largest absolute Gasteiger partial charge is 0.304 e. The normalized spacial score (nSPS) is 30.9. The number of rotatable bonds is 3. The van der Waals surface area contributed by atoms with Gasteiger partial charge in [-0.25, -0.2) is 0 Å². The summed E-state index contributed by atoms with van der Waals surface area (Å²) >= 11 is 0. The van der Waals surface area contributed by atoms with E-state index in [9.17, 15) is 4.79 Å². The van der Waals surface area contributed by atoms with Gasteiger partial charge in [-0.1, -0.05) is 37.3 Å². The maximum Gasteiger partial charge on any atom is 0.232 e. The Hall–Kier alpha value is -2.67. The molecule has 0 spiro atoms. The number of amides is 1. The summed E-state index contributed by atoms with van der Waals surface area (Å²) in [6.07, 6.45) is 10.7. The van der Waals surface area contributed by atoms with Gasteiger partial charge in [0, 0.05) is 18.9 Å². The minimum Gasteiger partial charge on any atom is -0.304 e. The highest BCUT2D eigenvalue weighted by molar-refractivity contribution is 6.02. The summed E-state index contributed by atoms with van der Waals surface area (Å²) in [4.78, 5) is 14.8. The Morgan fingerprint density at radius 2 is 1.96 bits per heavy atom. The zero-order valence-electron chi connectivity index (χ0n) is 15.9. The van der Waals surface area contributed by atoms with E-state index in [0.29, 0.717) is 17.8 Å². The lowest BCUT2D eigenvalue weighted by Gasteiger charge is -2.47. The number of allylic oxidation sites excluding steroid dienone is 4. The van der Waals surface area contributed by atoms with Crippen LogP contribution in [0.25, 0.3) is 0 Å². The number of nitrogens with zero attached hydrogens (tertiary/aromatic N) is 2. The molecule has 1 amide bonds. The first-order valence-electron chi connectivity index (χ1n) is 9.68. The van der Waals surface area contributed by atoms with E-state index in [-0.39, 0.29) is 17.7 Å². The van der Waals surface area contributed by atoms with Crippen LogP contribution >= 0.6 is 0 Å². The van der Waals surface area contributed by atoms with Crippen LogP contribution in [0.15, 0.2) is 48.1 Å². The standard InChI is InChI=1S/C23H25N3O/c1-23(19-11-3-15(14-24)4-12-19)13-20(25)26(2)22(27)21(23)18-9-7-17(8-10-18)16-5-6-16/h3-4,7-9,11-12,16,18,21,25H,5-6,10,13H2,1-2H3/t18?,21-,23+/m0/s1. The average molecular weight is 359 g/mol. The van der Waals surface area contributed by atoms with Crippen molar-refractivity contribution < 1.29 is 4.79 Å². The summed E-state index contributed by atoms with van der Waals surface area (Å²) in [5, 5.41) is 17.4. The minimum absolute atomic E-state index is 0.0241. The van der Waals surface area contributed by atoms with Crippen molar-refractivity contribution in [2.45, 2.75) is 38.0 Å². The number of nitrogens with one attached hydrogen (secondary N) is 1. The summed E-state index contributed by atoms with van der Waals surface area (Å²) in [5.74, 6) is 1.03. The monoisotopic (exact) mass is 359 g/mol. The Morgan fingerprint density at radius 3 is 2.52 bits per heavy atom. The number of hydrogen-bond donors (Lipinski definition) is 1. The molecule has 138 valence electrons. The van der Waals surface area contributed by atoms with E-state index < -0.39 is 5.41 Å². The predicted molar refractivity (Wildman–Crippen MR) is 105 cm³/mol. The number of hydrogen-bond acceptors (Lipinski definition) is 3. The van der Waals surface area contributed by atoms with Crippen molar-refractivity contribution in [2.75, 3.05) is 7.05 Å². The first-order valence-corrected chi connectivity index (χ1v) is 9.68. The van der Waals surface area contributed by atoms with Crippen LogP contribution in [-0.4, -0.2) is 23.7 Å². The maximum atomic E-state index is 13.3. The van der Waals surface area contributed by atoms with Crippen LogP contribution in [0.4, 0.5) is 0 Å². The maximum absolute atomic E-state index is 13.3. The SMILES string of the molecule is CN1C(=N)C[C@](C)(c2ccc(C#N)cc2)[C@@H](C2C=CC(C3CC3)=CC2)C1=O. The van der Waals surface area contributed by atoms with E-state index in [0.717, 1.165) is 17.9 Å². The first kappa shape index (κ1) is 17.7. The van der Waals surface area contributed by atoms with E-state index in [1.54, 1.807) is 7.05 Å². The van der Waals surface area contributed by atoms with Gasteiger partial charge in [-0.05, 0) is 54.4 Å². The van der Waals surface area contributed by atoms with Crippen LogP contribution in [0.3, 0.4) is 0 Å². The van der Waals surface area contributed by atoms with Crippen molar-refractivity contribution in [1.29, 1.82) is 10.7 Å². The van der Waals surface area contributed by atoms with E-state index in [1.807, 2.05) is 24.3 Å². The molecule has 4 nitrogen and oxygen atoms in total. The molecule has 1 saturated carbocycles. The van der Waals surface area contributed by atoms with Gasteiger partial charge < -0.3 is 4.90 Å². The molecule has 4 heteroatoms. The lowest BCUT2D eigenvalue weighted by Crippen LogP contribution is -2.55. The second-order valence-electron chi connectivity index (χ2n) is 8.34. The van der Waals surface area contributed by atoms with Gasteiger partial charge in [-0.15, -0.1) is 0 Å². The zero-order chi connectivity index (χ0) is 19.2. The number of benzene rings is 1. The summed E-state index contributed by atoms with van der Waals surface area (Å²) < 4.78 is 0. The molecule has 1 saturated heterocycles. The lowest BCUT2D eigenvalue weighted by molar-refractivity contribution is -0.136. The fourth-order valence-corrected chi connectivity index (χ4v) is 4.67. The van der Waals surface area contributed by atoms with E-state index >= 15 is 0 Å². The quantitative estimate of drug-likeness (QED) is 0.879. The van der Waals surface area contributed by atoms with Crippen molar-refractivity contribution >= 4 is 11.7 Å². The Labute approximate surface area is 160 Å². The highest BCUT2D eigenvalue weighted by atomic mass is 16.2. The molecule has 1 unspecified atom stereocenters. The number of carbonyl (C=O) groups is 1. The zero-order valence-corrected chi connectivity index (χ0v) is 15.9. The summed E-state index contributed by atoms with van der Waals surface area (Å²) in [7, 11) is 1.72. The predicted octanol–water partition coefficient (Wildman–Crippen LogP) is 4.18. The second-order valence-corrected chi connectivity index (χ2v) is 8.34. The first-order chi connectivity index (χ1) is 12.9. The number of amidine groups is 1. The Morgan fingerprint density at radius 1 is 1.26 bits per heavy atom. The number of carbonyl (C=O) groups excluding carboxylic acids is 1. The van der Waals surface area contributed by atoms with Crippen molar-refractivity contribution in [2.24, 2.45) is 17.8 Å². The number of piperidine rings is 1. The molecular weight excluding hydrogens is 334 g/mol. The molecule has 3 atom stereocenters. The molecule has 0 radical (unpaired) electrons. The highest BCUT2D eigenvalue weighted by Crippen LogP contribution is 2.47. The molecular formula is C23H25N3O. The van der Waals surface area contributed by atoms with Gasteiger partial charge in [0.25, 0.3) is 0 Å². The summed E-state index contributed by atoms with van der Waals surface area (Å²) in [6, 6.07) is 9.68. The number of nitriles is 1. The van der Waals surface area contributed by atoms with Crippen LogP contribution in [0.2, 0.25) is 0 Å². The van der Waals surface area contributed by atoms with Gasteiger partial charge in [0.2, 0.25) is 5.91 Å². The molecule has 27 heavy (non-hydrogen) atoms. The molecule has 3 aliphatic rings. The molecule has 1 aliphatic heterocycles. The molecule has 1 aromatic rings. The molecule has 1 aromatic carbocycles. The molecule has 0 aromatic heterocycles. The van der Waals surface area contributed by atoms with Gasteiger partial charge in [-0.3, -0.25) is 10.2 Å². The van der Waals surface area contributed by atoms with Crippen LogP contribution in [0, 0.1) is 34.5 Å². The minimum atomic E-state index is -0.450. The topological polar surface area (TPSA) is 68.0 Å². The van der Waals surface area contributed by atoms with E-state index in [2.05, 4.69) is 31.2 Å². The summed E-state index contributed by atoms with van der Waals surface area (Å²) in [5.41, 5.74) is 2.62. The fraction of sp³-hybridized carbons (Fsp3) is 0.435. The third-order valence-electron chi connectivity index (χ3n) is 6.53. The third kappa shape index (κ3) is 3.02. The van der Waals surface area contributed by atoms with Crippen molar-refractivity contribution in [3.05, 3.63) is 59.2 Å². The average Bonchev–Trinajstić information content (AvgIpc) is 3.52. The van der Waals surface area contributed by atoms with Gasteiger partial charge in [-0.2, -0.15) is 5.26 Å². The molecule has 0 bridgehead atoms. The van der Waals surface area contributed by atoms with Crippen LogP contribution in [0.1, 0.15) is 43.7 Å². The Balaban J connectivity index is 1.70. The Bertz CT molecular complexity index is 885. The van der Waals surface area contributed by atoms with Crippen LogP contribution in [-0.2, 0) is 10.2 Å². The summed E-state index contributed by atoms with van der Waals surface area (Å²) in [6.45, 7) is 2.10. The highest BCUT2D eigenvalue weighted by Gasteiger charge is 2.50. The van der Waals surface area contributed by atoms with Crippen LogP contribution < -0.4 is 0 Å². The van der Waals surface area contributed by atoms with E-state index in [1.165, 1.54) is 23.3 Å². The molecule has 2 aliphatic carbocycles. The fourth-order valence-electron chi connectivity index (χ4n) is 4.67. The van der Waals surface area contributed by atoms with Crippen molar-refractivity contribution in [3.63, 3.8) is 0 Å². The number of likely N-dealkylation sites (tertiary alicyclic amines) is 1. The molecule has 1 N–H and O–H groups in total. The molecule has 1 heterocycles. The van der Waals surface area contributed by atoms with E-state index in [4.69, 9.17) is 10.7 Å². The molecule has 4 rings (SSSR count). The lowest BCUT2D eigenvalue weighted by atomic mass is 9.61. The van der Waals surface area contributed by atoms with Gasteiger partial charge in [0.1, 0.15) is 5.84 Å². The van der Waals surface area contributed by atoms with Crippen molar-refractivity contribution in [1.82, 2.24) is 4.90 Å². The smallest absolute Gasteiger partial charge is 0.232 e. The van der Waals surface area contributed by atoms with Gasteiger partial charge in [0.05, 0.1) is 17.6 Å².